The van der Waals surface area contributed by atoms with Gasteiger partial charge in [0.05, 0.1) is 11.4 Å². The Morgan fingerprint density at radius 1 is 1.19 bits per heavy atom. The minimum absolute atomic E-state index is 0.0273. The van der Waals surface area contributed by atoms with Gasteiger partial charge in [-0.15, -0.1) is 0 Å². The molecule has 1 saturated heterocycles. The first-order chi connectivity index (χ1) is 17.5. The van der Waals surface area contributed by atoms with Gasteiger partial charge in [-0.2, -0.15) is 0 Å². The second-order valence-corrected chi connectivity index (χ2v) is 10.2. The SMILES string of the molecule is COCCCc1cc(CN(C(=O)C2CNCCC2c2ccn(C)c(=O)c2)C2CC2)c2ccccc2n1. The van der Waals surface area contributed by atoms with Crippen molar-refractivity contribution < 1.29 is 9.53 Å². The molecule has 0 radical (unpaired) electrons. The van der Waals surface area contributed by atoms with Crippen molar-refractivity contribution >= 4 is 16.8 Å². The molecule has 2 fully saturated rings. The number of methoxy groups -OCH3 is 1. The molecule has 3 heterocycles. The van der Waals surface area contributed by atoms with Crippen LogP contribution in [0.2, 0.25) is 0 Å². The molecule has 2 unspecified atom stereocenters. The molecule has 1 amide bonds. The summed E-state index contributed by atoms with van der Waals surface area (Å²) in [6.07, 6.45) is 6.52. The van der Waals surface area contributed by atoms with Crippen molar-refractivity contribution in [2.24, 2.45) is 13.0 Å². The zero-order valence-corrected chi connectivity index (χ0v) is 21.3. The fourth-order valence-electron chi connectivity index (χ4n) is 5.45. The third-order valence-corrected chi connectivity index (χ3v) is 7.60. The minimum Gasteiger partial charge on any atom is -0.385 e. The van der Waals surface area contributed by atoms with Gasteiger partial charge in [0.25, 0.3) is 5.56 Å². The van der Waals surface area contributed by atoms with Crippen LogP contribution in [-0.4, -0.2) is 53.2 Å². The summed E-state index contributed by atoms with van der Waals surface area (Å²) in [5, 5.41) is 4.54. The molecule has 36 heavy (non-hydrogen) atoms. The van der Waals surface area contributed by atoms with Crippen molar-refractivity contribution in [3.05, 3.63) is 75.8 Å². The Morgan fingerprint density at radius 2 is 2.03 bits per heavy atom. The summed E-state index contributed by atoms with van der Waals surface area (Å²) in [5.41, 5.74) is 4.12. The van der Waals surface area contributed by atoms with Gasteiger partial charge in [-0.1, -0.05) is 18.2 Å². The number of aromatic nitrogens is 2. The highest BCUT2D eigenvalue weighted by atomic mass is 16.5. The number of fused-ring (bicyclic) bond motifs is 1. The van der Waals surface area contributed by atoms with E-state index < -0.39 is 0 Å². The van der Waals surface area contributed by atoms with E-state index in [0.717, 1.165) is 66.4 Å². The van der Waals surface area contributed by atoms with Crippen molar-refractivity contribution in [3.63, 3.8) is 0 Å². The van der Waals surface area contributed by atoms with Gasteiger partial charge in [0.1, 0.15) is 0 Å². The maximum absolute atomic E-state index is 14.1. The third kappa shape index (κ3) is 5.37. The largest absolute Gasteiger partial charge is 0.385 e. The van der Waals surface area contributed by atoms with Crippen molar-refractivity contribution in [1.29, 1.82) is 0 Å². The first-order valence-electron chi connectivity index (χ1n) is 13.1. The minimum atomic E-state index is -0.180. The molecule has 2 aliphatic rings. The van der Waals surface area contributed by atoms with Crippen LogP contribution in [0.3, 0.4) is 0 Å². The lowest BCUT2D eigenvalue weighted by Crippen LogP contribution is -2.47. The van der Waals surface area contributed by atoms with Gasteiger partial charge in [0, 0.05) is 63.2 Å². The number of aryl methyl sites for hydroxylation is 2. The summed E-state index contributed by atoms with van der Waals surface area (Å²) in [5.74, 6) is 0.0608. The van der Waals surface area contributed by atoms with E-state index >= 15 is 0 Å². The van der Waals surface area contributed by atoms with Crippen molar-refractivity contribution in [2.45, 2.75) is 50.6 Å². The fraction of sp³-hybridized carbons (Fsp3) is 0.483. The molecule has 1 aromatic carbocycles. The van der Waals surface area contributed by atoms with E-state index in [1.807, 2.05) is 24.4 Å². The average molecular weight is 489 g/mol. The summed E-state index contributed by atoms with van der Waals surface area (Å²) in [7, 11) is 3.48. The standard InChI is InChI=1S/C29H36N4O3/c1-32-14-12-20(17-28(32)34)24-11-13-30-18-26(24)29(35)33(23-9-10-23)19-21-16-22(6-5-15-36-2)31-27-8-4-3-7-25(21)27/h3-4,7-8,12,14,16-17,23-24,26,30H,5-6,9-11,13,15,18-19H2,1-2H3. The van der Waals surface area contributed by atoms with E-state index in [9.17, 15) is 9.59 Å². The molecular weight excluding hydrogens is 452 g/mol. The Labute approximate surface area is 212 Å². The summed E-state index contributed by atoms with van der Waals surface area (Å²) in [6.45, 7) is 2.78. The number of nitrogens with one attached hydrogen (secondary N) is 1. The molecule has 190 valence electrons. The Balaban J connectivity index is 1.44. The zero-order valence-electron chi connectivity index (χ0n) is 21.3. The Hall–Kier alpha value is -3.03. The number of pyridine rings is 2. The van der Waals surface area contributed by atoms with Gasteiger partial charge in [0.15, 0.2) is 0 Å². The van der Waals surface area contributed by atoms with Crippen molar-refractivity contribution in [3.8, 4) is 0 Å². The van der Waals surface area contributed by atoms with Gasteiger partial charge < -0.3 is 19.5 Å². The number of hydrogen-bond acceptors (Lipinski definition) is 5. The molecule has 1 N–H and O–H groups in total. The second-order valence-electron chi connectivity index (χ2n) is 10.2. The number of para-hydroxylation sites is 1. The van der Waals surface area contributed by atoms with Gasteiger partial charge in [-0.3, -0.25) is 14.6 Å². The molecule has 1 saturated carbocycles. The number of benzene rings is 1. The highest BCUT2D eigenvalue weighted by molar-refractivity contribution is 5.84. The predicted octanol–water partition coefficient (Wildman–Crippen LogP) is 3.40. The molecule has 7 heteroatoms. The Kier molecular flexibility index (Phi) is 7.48. The topological polar surface area (TPSA) is 76.5 Å². The number of piperidine rings is 1. The summed E-state index contributed by atoms with van der Waals surface area (Å²) >= 11 is 0. The maximum atomic E-state index is 14.1. The van der Waals surface area contributed by atoms with E-state index in [2.05, 4.69) is 28.4 Å². The Morgan fingerprint density at radius 3 is 2.81 bits per heavy atom. The third-order valence-electron chi connectivity index (χ3n) is 7.60. The highest BCUT2D eigenvalue weighted by Crippen LogP contribution is 2.36. The van der Waals surface area contributed by atoms with Crippen molar-refractivity contribution in [1.82, 2.24) is 19.8 Å². The molecule has 2 aromatic heterocycles. The Bertz CT molecular complexity index is 1280. The normalized spacial score (nSPS) is 19.9. The summed E-state index contributed by atoms with van der Waals surface area (Å²) < 4.78 is 6.82. The average Bonchev–Trinajstić information content (AvgIpc) is 3.74. The lowest BCUT2D eigenvalue weighted by Gasteiger charge is -2.36. The smallest absolute Gasteiger partial charge is 0.250 e. The van der Waals surface area contributed by atoms with Crippen LogP contribution < -0.4 is 10.9 Å². The van der Waals surface area contributed by atoms with E-state index in [0.29, 0.717) is 19.7 Å². The van der Waals surface area contributed by atoms with E-state index in [1.54, 1.807) is 24.8 Å². The van der Waals surface area contributed by atoms with Crippen LogP contribution in [0.1, 0.15) is 48.4 Å². The summed E-state index contributed by atoms with van der Waals surface area (Å²) in [6, 6.07) is 14.4. The first kappa shape index (κ1) is 24.7. The zero-order chi connectivity index (χ0) is 25.1. The number of hydrogen-bond donors (Lipinski definition) is 1. The quantitative estimate of drug-likeness (QED) is 0.467. The van der Waals surface area contributed by atoms with E-state index in [1.165, 1.54) is 0 Å². The number of rotatable bonds is 9. The van der Waals surface area contributed by atoms with E-state index in [4.69, 9.17) is 9.72 Å². The molecule has 0 bridgehead atoms. The molecule has 7 nitrogen and oxygen atoms in total. The van der Waals surface area contributed by atoms with Crippen LogP contribution in [-0.2, 0) is 29.5 Å². The molecule has 1 aliphatic heterocycles. The number of carbonyl (C=O) groups is 1. The fourth-order valence-corrected chi connectivity index (χ4v) is 5.45. The molecule has 5 rings (SSSR count). The van der Waals surface area contributed by atoms with Crippen LogP contribution in [0.4, 0.5) is 0 Å². The molecule has 0 spiro atoms. The lowest BCUT2D eigenvalue weighted by atomic mass is 9.80. The highest BCUT2D eigenvalue weighted by Gasteiger charge is 2.40. The van der Waals surface area contributed by atoms with Crippen LogP contribution in [0, 0.1) is 5.92 Å². The van der Waals surface area contributed by atoms with Crippen LogP contribution in [0.15, 0.2) is 53.5 Å². The van der Waals surface area contributed by atoms with Gasteiger partial charge in [-0.05, 0) is 73.9 Å². The molecular formula is C29H36N4O3. The number of ether oxygens (including phenoxy) is 1. The van der Waals surface area contributed by atoms with Gasteiger partial charge in [0.2, 0.25) is 5.91 Å². The van der Waals surface area contributed by atoms with Crippen LogP contribution in [0.25, 0.3) is 10.9 Å². The van der Waals surface area contributed by atoms with Gasteiger partial charge >= 0.3 is 0 Å². The van der Waals surface area contributed by atoms with Crippen LogP contribution in [0.5, 0.6) is 0 Å². The number of nitrogens with zero attached hydrogens (tertiary/aromatic N) is 3. The van der Waals surface area contributed by atoms with Crippen molar-refractivity contribution in [2.75, 3.05) is 26.8 Å². The molecule has 1 aliphatic carbocycles. The summed E-state index contributed by atoms with van der Waals surface area (Å²) in [4.78, 5) is 33.4. The van der Waals surface area contributed by atoms with Crippen LogP contribution >= 0.6 is 0 Å². The second kappa shape index (κ2) is 10.9. The predicted molar refractivity (Wildman–Crippen MR) is 141 cm³/mol. The monoisotopic (exact) mass is 488 g/mol. The van der Waals surface area contributed by atoms with Gasteiger partial charge in [-0.25, -0.2) is 0 Å². The maximum Gasteiger partial charge on any atom is 0.250 e. The molecule has 2 atom stereocenters. The van der Waals surface area contributed by atoms with E-state index in [-0.39, 0.29) is 29.3 Å². The number of carbonyl (C=O) groups excluding carboxylic acids is 1. The number of amides is 1. The molecule has 3 aromatic rings. The lowest BCUT2D eigenvalue weighted by molar-refractivity contribution is -0.138. The first-order valence-corrected chi connectivity index (χ1v) is 13.1.